The van der Waals surface area contributed by atoms with Crippen LogP contribution in [0.1, 0.15) is 226 Å². The first-order valence-electron chi connectivity index (χ1n) is 27.0. The molecule has 380 valence electrons. The van der Waals surface area contributed by atoms with Crippen molar-refractivity contribution in [2.24, 2.45) is 0 Å². The molecule has 2 unspecified atom stereocenters. The number of esters is 2. The van der Waals surface area contributed by atoms with Crippen LogP contribution in [0, 0.1) is 0 Å². The summed E-state index contributed by atoms with van der Waals surface area (Å²) in [6.45, 7) is 4.60. The van der Waals surface area contributed by atoms with E-state index in [0.717, 1.165) is 57.8 Å². The molecule has 0 aliphatic carbocycles. The van der Waals surface area contributed by atoms with Gasteiger partial charge < -0.3 is 28.6 Å². The standard InChI is InChI=1S/C58H101NO7/c1-6-8-10-12-14-16-18-20-22-24-26-28-30-32-34-36-38-40-42-44-46-48-56(60)65-53-54(52-64-51-50-55(58(62)63)59(3,4)5)66-57(61)49-47-45-43-41-39-37-35-33-31-29-27-25-23-21-19-17-15-13-11-9-7-2/h15,17,21,23,27-30,33,35,39,41,54-55H,6-14,16,18-20,22,24-26,31-32,34,36-38,40,42-53H2,1-5H3/b17-15+,23-21+,29-27+,30-28+,35-33+,41-39+. The van der Waals surface area contributed by atoms with E-state index < -0.39 is 18.1 Å². The number of ether oxygens (including phenoxy) is 3. The zero-order valence-corrected chi connectivity index (χ0v) is 43.3. The van der Waals surface area contributed by atoms with E-state index in [2.05, 4.69) is 86.8 Å². The summed E-state index contributed by atoms with van der Waals surface area (Å²) in [7, 11) is 5.40. The van der Waals surface area contributed by atoms with Crippen LogP contribution in [0.5, 0.6) is 0 Å². The number of carboxylic acids is 1. The molecule has 0 saturated carbocycles. The molecule has 0 aromatic heterocycles. The highest BCUT2D eigenvalue weighted by atomic mass is 16.6. The Morgan fingerprint density at radius 1 is 0.455 bits per heavy atom. The van der Waals surface area contributed by atoms with E-state index in [1.165, 1.54) is 128 Å². The Morgan fingerprint density at radius 3 is 1.26 bits per heavy atom. The molecular formula is C58H101NO7. The number of hydrogen-bond donors (Lipinski definition) is 0. The lowest BCUT2D eigenvalue weighted by Gasteiger charge is -2.34. The van der Waals surface area contributed by atoms with Crippen molar-refractivity contribution in [3.63, 3.8) is 0 Å². The van der Waals surface area contributed by atoms with Crippen LogP contribution >= 0.6 is 0 Å². The minimum atomic E-state index is -1.13. The number of carboxylic acid groups (broad SMARTS) is 1. The number of rotatable bonds is 48. The molecule has 0 rings (SSSR count). The molecule has 0 saturated heterocycles. The molecule has 0 aromatic rings. The van der Waals surface area contributed by atoms with Crippen LogP contribution < -0.4 is 5.11 Å². The molecule has 0 bridgehead atoms. The number of carbonyl (C=O) groups excluding carboxylic acids is 3. The molecule has 8 nitrogen and oxygen atoms in total. The summed E-state index contributed by atoms with van der Waals surface area (Å²) in [5, 5.41) is 11.7. The Kier molecular flexibility index (Phi) is 45.9. The zero-order valence-electron chi connectivity index (χ0n) is 43.3. The van der Waals surface area contributed by atoms with Crippen molar-refractivity contribution in [2.75, 3.05) is 41.0 Å². The second-order valence-corrected chi connectivity index (χ2v) is 19.1. The van der Waals surface area contributed by atoms with Crippen LogP contribution in [0.2, 0.25) is 0 Å². The summed E-state index contributed by atoms with van der Waals surface area (Å²) in [5.41, 5.74) is 0. The number of likely N-dealkylation sites (N-methyl/N-ethyl adjacent to an activating group) is 1. The molecule has 8 heteroatoms. The highest BCUT2D eigenvalue weighted by Gasteiger charge is 2.25. The van der Waals surface area contributed by atoms with Gasteiger partial charge in [-0.1, -0.05) is 189 Å². The lowest BCUT2D eigenvalue weighted by molar-refractivity contribution is -0.889. The highest BCUT2D eigenvalue weighted by molar-refractivity contribution is 5.70. The lowest BCUT2D eigenvalue weighted by Crippen LogP contribution is -2.55. The smallest absolute Gasteiger partial charge is 0.306 e. The van der Waals surface area contributed by atoms with Gasteiger partial charge in [-0.05, 0) is 89.9 Å². The number of hydrogen-bond acceptors (Lipinski definition) is 7. The Bertz CT molecular complexity index is 1310. The van der Waals surface area contributed by atoms with Crippen LogP contribution in [-0.4, -0.2) is 75.5 Å². The maximum atomic E-state index is 12.8. The van der Waals surface area contributed by atoms with E-state index in [0.29, 0.717) is 12.8 Å². The lowest BCUT2D eigenvalue weighted by atomic mass is 10.1. The van der Waals surface area contributed by atoms with Gasteiger partial charge in [-0.25, -0.2) is 0 Å². The average Bonchev–Trinajstić information content (AvgIpc) is 3.28. The first-order valence-corrected chi connectivity index (χ1v) is 27.0. The van der Waals surface area contributed by atoms with Gasteiger partial charge in [0, 0.05) is 19.3 Å². The number of nitrogens with zero attached hydrogens (tertiary/aromatic N) is 1. The molecular weight excluding hydrogens is 823 g/mol. The van der Waals surface area contributed by atoms with Gasteiger partial charge in [0.15, 0.2) is 6.10 Å². The van der Waals surface area contributed by atoms with Gasteiger partial charge in [-0.15, -0.1) is 0 Å². The van der Waals surface area contributed by atoms with E-state index in [1.54, 1.807) is 21.1 Å². The molecule has 0 spiro atoms. The fraction of sp³-hybridized carbons (Fsp3) is 0.741. The quantitative estimate of drug-likeness (QED) is 0.0259. The van der Waals surface area contributed by atoms with Gasteiger partial charge in [-0.2, -0.15) is 0 Å². The van der Waals surface area contributed by atoms with E-state index in [4.69, 9.17) is 14.2 Å². The van der Waals surface area contributed by atoms with Gasteiger partial charge in [-0.3, -0.25) is 9.59 Å². The number of quaternary nitrogens is 1. The number of aliphatic carboxylic acids is 1. The van der Waals surface area contributed by atoms with Crippen LogP contribution in [0.4, 0.5) is 0 Å². The summed E-state index contributed by atoms with van der Waals surface area (Å²) in [5.74, 6) is -1.80. The Hall–Kier alpha value is -3.23. The van der Waals surface area contributed by atoms with E-state index in [-0.39, 0.29) is 49.1 Å². The van der Waals surface area contributed by atoms with Gasteiger partial charge in [0.25, 0.3) is 0 Å². The summed E-state index contributed by atoms with van der Waals surface area (Å²) in [6, 6.07) is -0.739. The van der Waals surface area contributed by atoms with Crippen LogP contribution in [0.3, 0.4) is 0 Å². The molecule has 0 radical (unpaired) electrons. The number of carbonyl (C=O) groups is 3. The molecule has 0 aliphatic rings. The van der Waals surface area contributed by atoms with Gasteiger partial charge in [0.05, 0.1) is 40.3 Å². The van der Waals surface area contributed by atoms with Crippen molar-refractivity contribution >= 4 is 17.9 Å². The largest absolute Gasteiger partial charge is 0.544 e. The Labute approximate surface area is 406 Å². The molecule has 66 heavy (non-hydrogen) atoms. The third-order valence-corrected chi connectivity index (χ3v) is 11.8. The number of allylic oxidation sites excluding steroid dienone is 12. The third kappa shape index (κ3) is 45.9. The van der Waals surface area contributed by atoms with E-state index in [9.17, 15) is 19.5 Å². The number of unbranched alkanes of at least 4 members (excludes halogenated alkanes) is 22. The first kappa shape index (κ1) is 62.8. The van der Waals surface area contributed by atoms with Crippen molar-refractivity contribution < 1.29 is 38.2 Å². The van der Waals surface area contributed by atoms with Gasteiger partial charge in [0.2, 0.25) is 0 Å². The summed E-state index contributed by atoms with van der Waals surface area (Å²) in [4.78, 5) is 37.1. The predicted octanol–water partition coefficient (Wildman–Crippen LogP) is 14.5. The second-order valence-electron chi connectivity index (χ2n) is 19.1. The van der Waals surface area contributed by atoms with Crippen molar-refractivity contribution in [1.82, 2.24) is 0 Å². The van der Waals surface area contributed by atoms with Gasteiger partial charge >= 0.3 is 11.9 Å². The maximum Gasteiger partial charge on any atom is 0.306 e. The topological polar surface area (TPSA) is 102 Å². The predicted molar refractivity (Wildman–Crippen MR) is 277 cm³/mol. The molecule has 0 amide bonds. The summed E-state index contributed by atoms with van der Waals surface area (Å²) >= 11 is 0. The molecule has 0 N–H and O–H groups in total. The molecule has 0 fully saturated rings. The normalized spacial score (nSPS) is 13.4. The van der Waals surface area contributed by atoms with Crippen molar-refractivity contribution in [3.8, 4) is 0 Å². The average molecular weight is 924 g/mol. The highest BCUT2D eigenvalue weighted by Crippen LogP contribution is 2.14. The molecule has 0 aromatic carbocycles. The summed E-state index contributed by atoms with van der Waals surface area (Å²) in [6.07, 6.45) is 62.2. The van der Waals surface area contributed by atoms with E-state index in [1.807, 2.05) is 0 Å². The summed E-state index contributed by atoms with van der Waals surface area (Å²) < 4.78 is 17.2. The first-order chi connectivity index (χ1) is 32.1. The molecule has 0 aliphatic heterocycles. The Morgan fingerprint density at radius 2 is 0.803 bits per heavy atom. The fourth-order valence-corrected chi connectivity index (χ4v) is 7.61. The zero-order chi connectivity index (χ0) is 48.4. The van der Waals surface area contributed by atoms with Crippen molar-refractivity contribution in [1.29, 1.82) is 0 Å². The maximum absolute atomic E-state index is 12.8. The SMILES string of the molecule is CCCCC/C=C/C/C=C/C/C=C/C/C=C/C/C=C/CCCCC(=O)OC(COCCC(C(=O)[O-])[N+](C)(C)C)COC(=O)CCCCCCCCC/C=C/CCCCCCCCCCCC. The van der Waals surface area contributed by atoms with Gasteiger partial charge in [0.1, 0.15) is 12.6 Å². The third-order valence-electron chi connectivity index (χ3n) is 11.8. The minimum absolute atomic E-state index is 0.0191. The monoisotopic (exact) mass is 924 g/mol. The van der Waals surface area contributed by atoms with Crippen LogP contribution in [0.15, 0.2) is 72.9 Å². The van der Waals surface area contributed by atoms with Crippen molar-refractivity contribution in [3.05, 3.63) is 72.9 Å². The van der Waals surface area contributed by atoms with Crippen LogP contribution in [-0.2, 0) is 28.6 Å². The second kappa shape index (κ2) is 48.2. The van der Waals surface area contributed by atoms with Crippen LogP contribution in [0.25, 0.3) is 0 Å². The van der Waals surface area contributed by atoms with E-state index >= 15 is 0 Å². The molecule has 0 heterocycles. The van der Waals surface area contributed by atoms with Crippen molar-refractivity contribution in [2.45, 2.75) is 238 Å². The fourth-order valence-electron chi connectivity index (χ4n) is 7.61. The minimum Gasteiger partial charge on any atom is -0.544 e. The molecule has 2 atom stereocenters. The Balaban J connectivity index is 4.32.